The van der Waals surface area contributed by atoms with Gasteiger partial charge in [-0.2, -0.15) is 0 Å². The van der Waals surface area contributed by atoms with E-state index >= 15 is 0 Å². The maximum Gasteiger partial charge on any atom is 0.252 e. The van der Waals surface area contributed by atoms with Crippen molar-refractivity contribution in [2.45, 2.75) is 0 Å². The second kappa shape index (κ2) is 16.5. The van der Waals surface area contributed by atoms with Gasteiger partial charge in [-0.05, 0) is 155 Å². The van der Waals surface area contributed by atoms with Gasteiger partial charge in [-0.3, -0.25) is 0 Å². The Kier molecular flexibility index (Phi) is 8.87. The lowest BCUT2D eigenvalue weighted by Gasteiger charge is -2.35. The average molecular weight is 1040 g/mol. The summed E-state index contributed by atoms with van der Waals surface area (Å²) in [6.07, 6.45) is 0. The van der Waals surface area contributed by atoms with Gasteiger partial charge in [0.1, 0.15) is 0 Å². The molecule has 0 aliphatic carbocycles. The van der Waals surface area contributed by atoms with E-state index in [4.69, 9.17) is 0 Å². The molecule has 0 unspecified atom stereocenters. The van der Waals surface area contributed by atoms with Crippen molar-refractivity contribution >= 4 is 121 Å². The van der Waals surface area contributed by atoms with Crippen molar-refractivity contribution in [2.24, 2.45) is 0 Å². The molecule has 0 saturated carbocycles. The molecule has 0 saturated heterocycles. The number of benzene rings is 14. The summed E-state index contributed by atoms with van der Waals surface area (Å²) >= 11 is 0. The largest absolute Gasteiger partial charge is 0.310 e. The molecule has 19 rings (SSSR count). The van der Waals surface area contributed by atoms with Crippen LogP contribution in [0.1, 0.15) is 0 Å². The van der Waals surface area contributed by atoms with Gasteiger partial charge in [0.2, 0.25) is 0 Å². The molecule has 0 amide bonds. The highest BCUT2D eigenvalue weighted by atomic mass is 15.0. The van der Waals surface area contributed by atoms with Crippen LogP contribution in [0, 0.1) is 0 Å². The van der Waals surface area contributed by atoms with Crippen LogP contribution in [0.25, 0.3) is 159 Å². The third kappa shape index (κ3) is 5.94. The zero-order chi connectivity index (χ0) is 53.3. The Hall–Kier alpha value is -10.7. The van der Waals surface area contributed by atoms with Crippen molar-refractivity contribution in [1.82, 2.24) is 13.7 Å². The molecular formula is C78H46BN3. The SMILES string of the molecule is c1ccc(-c2ccc3c(c2)c2cc(-c4ccccc4)cc4c2n3-c2cc3c5ccc(-n6c7ccccc7c7ccccc76)cc5c5ccccc5c3c3c2B4c2cc(-c4ccccc4)cc4c5cc(-c6ccccc6)ccc5n-3c24)cc1. The number of rotatable bonds is 5. The minimum Gasteiger partial charge on any atom is -0.310 e. The first-order chi connectivity index (χ1) is 40.7. The van der Waals surface area contributed by atoms with Crippen molar-refractivity contribution in [3.63, 3.8) is 0 Å². The van der Waals surface area contributed by atoms with E-state index in [9.17, 15) is 0 Å². The van der Waals surface area contributed by atoms with Crippen LogP contribution in [0.3, 0.4) is 0 Å². The van der Waals surface area contributed by atoms with Gasteiger partial charge in [0, 0.05) is 60.1 Å². The van der Waals surface area contributed by atoms with Crippen LogP contribution in [0.4, 0.5) is 0 Å². The Morgan fingerprint density at radius 2 is 0.659 bits per heavy atom. The van der Waals surface area contributed by atoms with Crippen LogP contribution in [-0.2, 0) is 0 Å². The van der Waals surface area contributed by atoms with Gasteiger partial charge in [-0.1, -0.05) is 212 Å². The maximum absolute atomic E-state index is 2.70. The lowest BCUT2D eigenvalue weighted by Crippen LogP contribution is -2.59. The molecule has 82 heavy (non-hydrogen) atoms. The number of hydrogen-bond acceptors (Lipinski definition) is 0. The van der Waals surface area contributed by atoms with Gasteiger partial charge in [-0.25, -0.2) is 0 Å². The molecule has 14 aromatic carbocycles. The van der Waals surface area contributed by atoms with Crippen molar-refractivity contribution in [2.75, 3.05) is 0 Å². The summed E-state index contributed by atoms with van der Waals surface area (Å²) < 4.78 is 7.83. The first kappa shape index (κ1) is 44.2. The number of nitrogens with zero attached hydrogens (tertiary/aromatic N) is 3. The molecular weight excluding hydrogens is 990 g/mol. The molecule has 5 heterocycles. The smallest absolute Gasteiger partial charge is 0.252 e. The van der Waals surface area contributed by atoms with E-state index in [1.54, 1.807) is 0 Å². The number of aromatic nitrogens is 3. The predicted octanol–water partition coefficient (Wildman–Crippen LogP) is 18.2. The molecule has 0 atom stereocenters. The highest BCUT2D eigenvalue weighted by Gasteiger charge is 2.43. The van der Waals surface area contributed by atoms with E-state index in [0.717, 1.165) is 5.69 Å². The summed E-state index contributed by atoms with van der Waals surface area (Å²) in [6.45, 7) is -0.116. The number of fused-ring (bicyclic) bond motifs is 20. The predicted molar refractivity (Wildman–Crippen MR) is 348 cm³/mol. The Morgan fingerprint density at radius 1 is 0.232 bits per heavy atom. The zero-order valence-electron chi connectivity index (χ0n) is 44.5. The molecule has 4 heteroatoms. The maximum atomic E-state index is 2.70. The van der Waals surface area contributed by atoms with Crippen molar-refractivity contribution in [1.29, 1.82) is 0 Å². The second-order valence-electron chi connectivity index (χ2n) is 22.7. The Labute approximate surface area is 472 Å². The number of para-hydroxylation sites is 2. The second-order valence-corrected chi connectivity index (χ2v) is 22.7. The monoisotopic (exact) mass is 1040 g/mol. The van der Waals surface area contributed by atoms with Gasteiger partial charge in [0.05, 0.1) is 27.8 Å². The van der Waals surface area contributed by atoms with Gasteiger partial charge in [0.25, 0.3) is 6.71 Å². The van der Waals surface area contributed by atoms with Crippen LogP contribution in [0.5, 0.6) is 0 Å². The summed E-state index contributed by atoms with van der Waals surface area (Å²) in [4.78, 5) is 0. The van der Waals surface area contributed by atoms with Crippen molar-refractivity contribution < 1.29 is 0 Å². The summed E-state index contributed by atoms with van der Waals surface area (Å²) in [5.74, 6) is 0. The highest BCUT2D eigenvalue weighted by Crippen LogP contribution is 2.48. The molecule has 3 aromatic heterocycles. The minimum atomic E-state index is -0.116. The molecule has 0 fully saturated rings. The lowest BCUT2D eigenvalue weighted by atomic mass is 9.34. The van der Waals surface area contributed by atoms with Crippen molar-refractivity contribution in [3.8, 4) is 61.6 Å². The normalized spacial score (nSPS) is 12.6. The van der Waals surface area contributed by atoms with Crippen LogP contribution in [-0.4, -0.2) is 20.4 Å². The van der Waals surface area contributed by atoms with Crippen LogP contribution >= 0.6 is 0 Å². The lowest BCUT2D eigenvalue weighted by molar-refractivity contribution is 1.16. The molecule has 3 nitrogen and oxygen atoms in total. The van der Waals surface area contributed by atoms with E-state index < -0.39 is 0 Å². The van der Waals surface area contributed by atoms with Crippen LogP contribution in [0.15, 0.2) is 279 Å². The third-order valence-corrected chi connectivity index (χ3v) is 18.5. The van der Waals surface area contributed by atoms with Gasteiger partial charge in [-0.15, -0.1) is 0 Å². The van der Waals surface area contributed by atoms with Crippen LogP contribution in [0.2, 0.25) is 0 Å². The quantitative estimate of drug-likeness (QED) is 0.121. The summed E-state index contributed by atoms with van der Waals surface area (Å²) in [5.41, 5.74) is 24.7. The summed E-state index contributed by atoms with van der Waals surface area (Å²) in [5, 5.41) is 15.1. The number of hydrogen-bond donors (Lipinski definition) is 0. The van der Waals surface area contributed by atoms with Gasteiger partial charge < -0.3 is 13.7 Å². The van der Waals surface area contributed by atoms with Crippen LogP contribution < -0.4 is 16.4 Å². The Bertz CT molecular complexity index is 5560. The molecule has 2 aliphatic rings. The van der Waals surface area contributed by atoms with E-state index in [0.29, 0.717) is 0 Å². The Balaban J connectivity index is 1.02. The van der Waals surface area contributed by atoms with E-state index in [-0.39, 0.29) is 6.71 Å². The van der Waals surface area contributed by atoms with Crippen molar-refractivity contribution in [3.05, 3.63) is 279 Å². The molecule has 0 spiro atoms. The molecule has 0 bridgehead atoms. The minimum absolute atomic E-state index is 0.116. The molecule has 376 valence electrons. The molecule has 17 aromatic rings. The fraction of sp³-hybridized carbons (Fsp3) is 0. The first-order valence-electron chi connectivity index (χ1n) is 28.6. The highest BCUT2D eigenvalue weighted by molar-refractivity contribution is 7.00. The van der Waals surface area contributed by atoms with E-state index in [1.807, 2.05) is 0 Å². The summed E-state index contributed by atoms with van der Waals surface area (Å²) in [6, 6.07) is 105. The zero-order valence-corrected chi connectivity index (χ0v) is 44.5. The van der Waals surface area contributed by atoms with Gasteiger partial charge in [0.15, 0.2) is 0 Å². The molecule has 0 radical (unpaired) electrons. The topological polar surface area (TPSA) is 14.8 Å². The average Bonchev–Trinajstić information content (AvgIpc) is 3.08. The fourth-order valence-corrected chi connectivity index (χ4v) is 15.1. The van der Waals surface area contributed by atoms with E-state index in [1.165, 1.54) is 170 Å². The standard InChI is InChI=1S/C78H46BN3/c1-5-19-47(20-6-1)51-33-37-71-62(39-51)65-41-53(49-23-9-3-10-24-49)43-67-76(65)81(71)73-46-64-57-36-35-55(80-69-31-17-15-28-58(69)59-29-16-18-32-70(59)80)45-61(57)56-27-13-14-30-60(56)74(64)78-75(73)79(67)68-44-54(50-25-11-4-12-26-50)42-66-63-40-52(48-21-7-2-8-22-48)34-38-72(63)82(78)77(66)68/h1-46H. The van der Waals surface area contributed by atoms with Gasteiger partial charge >= 0.3 is 0 Å². The Morgan fingerprint density at radius 3 is 1.21 bits per heavy atom. The van der Waals surface area contributed by atoms with E-state index in [2.05, 4.69) is 293 Å². The molecule has 2 aliphatic heterocycles. The third-order valence-electron chi connectivity index (χ3n) is 18.5. The molecule has 0 N–H and O–H groups in total. The summed E-state index contributed by atoms with van der Waals surface area (Å²) in [7, 11) is 0. The fourth-order valence-electron chi connectivity index (χ4n) is 15.1. The first-order valence-corrected chi connectivity index (χ1v) is 28.6.